The van der Waals surface area contributed by atoms with Gasteiger partial charge in [-0.05, 0) is 32.1 Å². The number of nitrogens with zero attached hydrogens (tertiary/aromatic N) is 2. The van der Waals surface area contributed by atoms with Gasteiger partial charge in [0.05, 0.1) is 18.7 Å². The number of thioether (sulfide) groups is 1. The topological polar surface area (TPSA) is 113 Å². The standard InChI is InChI=1S/C19H25N3O5S/c1-3-4-14(20-18(24)15-10-28-19(21-15)11(2)22-25)16-7-13(8-17(23)27-16)26-9-12-5-6-12/h7-8,12,14-15,25H,3-6,9-10H2,1-2H3,(H,20,24)/b22-11+/t14-,15?/m1/s1. The fraction of sp³-hybridized carbons (Fsp3) is 0.579. The highest BCUT2D eigenvalue weighted by Crippen LogP contribution is 2.30. The first-order valence-electron chi connectivity index (χ1n) is 9.48. The number of hydrogen-bond donors (Lipinski definition) is 2. The minimum Gasteiger partial charge on any atom is -0.493 e. The Morgan fingerprint density at radius 2 is 2.29 bits per heavy atom. The van der Waals surface area contributed by atoms with E-state index in [4.69, 9.17) is 14.4 Å². The van der Waals surface area contributed by atoms with Crippen LogP contribution in [0.3, 0.4) is 0 Å². The Bertz CT molecular complexity index is 831. The van der Waals surface area contributed by atoms with Gasteiger partial charge in [-0.15, -0.1) is 11.8 Å². The van der Waals surface area contributed by atoms with Gasteiger partial charge in [-0.2, -0.15) is 0 Å². The van der Waals surface area contributed by atoms with Crippen molar-refractivity contribution in [3.8, 4) is 5.75 Å². The molecule has 2 heterocycles. The highest BCUT2D eigenvalue weighted by molar-refractivity contribution is 8.16. The average Bonchev–Trinajstić information content (AvgIpc) is 3.38. The highest BCUT2D eigenvalue weighted by atomic mass is 32.2. The maximum absolute atomic E-state index is 12.7. The fourth-order valence-corrected chi connectivity index (χ4v) is 3.81. The zero-order chi connectivity index (χ0) is 20.1. The molecule has 0 bridgehead atoms. The molecule has 152 valence electrons. The highest BCUT2D eigenvalue weighted by Gasteiger charge is 2.29. The van der Waals surface area contributed by atoms with Crippen molar-refractivity contribution in [1.82, 2.24) is 5.32 Å². The molecule has 2 atom stereocenters. The van der Waals surface area contributed by atoms with Crippen LogP contribution in [-0.2, 0) is 4.79 Å². The maximum Gasteiger partial charge on any atom is 0.339 e. The van der Waals surface area contributed by atoms with E-state index in [0.717, 1.165) is 19.3 Å². The lowest BCUT2D eigenvalue weighted by Gasteiger charge is -2.19. The molecule has 2 aliphatic rings. The molecule has 1 unspecified atom stereocenters. The van der Waals surface area contributed by atoms with Gasteiger partial charge < -0.3 is 19.7 Å². The second-order valence-electron chi connectivity index (χ2n) is 7.07. The molecule has 1 aliphatic carbocycles. The van der Waals surface area contributed by atoms with Crippen molar-refractivity contribution >= 4 is 28.4 Å². The lowest BCUT2D eigenvalue weighted by Crippen LogP contribution is -2.37. The number of carbonyl (C=O) groups excluding carboxylic acids is 1. The lowest BCUT2D eigenvalue weighted by atomic mass is 10.1. The Hall–Kier alpha value is -2.29. The van der Waals surface area contributed by atoms with Gasteiger partial charge in [0.15, 0.2) is 0 Å². The first-order chi connectivity index (χ1) is 13.5. The Morgan fingerprint density at radius 1 is 1.50 bits per heavy atom. The van der Waals surface area contributed by atoms with Gasteiger partial charge in [-0.3, -0.25) is 9.79 Å². The van der Waals surface area contributed by atoms with Crippen LogP contribution < -0.4 is 15.7 Å². The van der Waals surface area contributed by atoms with Gasteiger partial charge in [0.25, 0.3) is 0 Å². The summed E-state index contributed by atoms with van der Waals surface area (Å²) < 4.78 is 11.1. The number of aliphatic imine (C=N–C) groups is 1. The SMILES string of the molecule is CCC[C@@H](NC(=O)C1CSC(/C(C)=N/O)=N1)c1cc(OCC2CC2)cc(=O)o1. The predicted octanol–water partition coefficient (Wildman–Crippen LogP) is 2.75. The molecule has 9 heteroatoms. The van der Waals surface area contributed by atoms with Crippen molar-refractivity contribution in [3.63, 3.8) is 0 Å². The van der Waals surface area contributed by atoms with Gasteiger partial charge in [0.2, 0.25) is 5.91 Å². The molecule has 8 nitrogen and oxygen atoms in total. The van der Waals surface area contributed by atoms with Crippen molar-refractivity contribution in [3.05, 3.63) is 28.3 Å². The molecule has 2 N–H and O–H groups in total. The van der Waals surface area contributed by atoms with Crippen LogP contribution in [0, 0.1) is 5.92 Å². The van der Waals surface area contributed by atoms with E-state index in [0.29, 0.717) is 47.0 Å². The molecule has 0 aromatic carbocycles. The van der Waals surface area contributed by atoms with E-state index < -0.39 is 17.7 Å². The molecule has 1 amide bonds. The second-order valence-corrected chi connectivity index (χ2v) is 8.07. The third-order valence-electron chi connectivity index (χ3n) is 4.60. The summed E-state index contributed by atoms with van der Waals surface area (Å²) in [5.74, 6) is 1.65. The fourth-order valence-electron chi connectivity index (χ4n) is 2.82. The van der Waals surface area contributed by atoms with E-state index >= 15 is 0 Å². The van der Waals surface area contributed by atoms with Gasteiger partial charge >= 0.3 is 5.63 Å². The van der Waals surface area contributed by atoms with Crippen LogP contribution >= 0.6 is 11.8 Å². The third kappa shape index (κ3) is 5.37. The maximum atomic E-state index is 12.7. The van der Waals surface area contributed by atoms with Crippen LogP contribution in [0.25, 0.3) is 0 Å². The summed E-state index contributed by atoms with van der Waals surface area (Å²) in [5.41, 5.74) is -0.109. The summed E-state index contributed by atoms with van der Waals surface area (Å²) >= 11 is 1.37. The van der Waals surface area contributed by atoms with Gasteiger partial charge in [0.1, 0.15) is 28.3 Å². The van der Waals surface area contributed by atoms with E-state index in [1.807, 2.05) is 6.92 Å². The van der Waals surface area contributed by atoms with E-state index in [2.05, 4.69) is 15.5 Å². The molecule has 1 aromatic heterocycles. The van der Waals surface area contributed by atoms with E-state index in [-0.39, 0.29) is 5.91 Å². The molecular formula is C19H25N3O5S. The first kappa shape index (κ1) is 20.4. The molecule has 3 rings (SSSR count). The van der Waals surface area contributed by atoms with Crippen molar-refractivity contribution in [2.75, 3.05) is 12.4 Å². The van der Waals surface area contributed by atoms with Crippen molar-refractivity contribution in [1.29, 1.82) is 0 Å². The number of rotatable bonds is 9. The zero-order valence-electron chi connectivity index (χ0n) is 16.0. The van der Waals surface area contributed by atoms with Crippen LogP contribution in [0.1, 0.15) is 51.3 Å². The summed E-state index contributed by atoms with van der Waals surface area (Å²) in [6.45, 7) is 4.22. The third-order valence-corrected chi connectivity index (χ3v) is 5.75. The number of amides is 1. The quantitative estimate of drug-likeness (QED) is 0.370. The number of carbonyl (C=O) groups is 1. The van der Waals surface area contributed by atoms with E-state index in [1.54, 1.807) is 13.0 Å². The van der Waals surface area contributed by atoms with Crippen LogP contribution in [-0.4, -0.2) is 40.3 Å². The largest absolute Gasteiger partial charge is 0.493 e. The second kappa shape index (κ2) is 9.27. The van der Waals surface area contributed by atoms with Crippen LogP contribution in [0.2, 0.25) is 0 Å². The lowest BCUT2D eigenvalue weighted by molar-refractivity contribution is -0.122. The summed E-state index contributed by atoms with van der Waals surface area (Å²) in [7, 11) is 0. The number of hydrogen-bond acceptors (Lipinski definition) is 8. The Morgan fingerprint density at radius 3 is 2.96 bits per heavy atom. The zero-order valence-corrected chi connectivity index (χ0v) is 16.8. The molecule has 1 aromatic rings. The van der Waals surface area contributed by atoms with Crippen LogP contribution in [0.15, 0.2) is 31.5 Å². The van der Waals surface area contributed by atoms with Crippen molar-refractivity contribution in [2.24, 2.45) is 16.1 Å². The molecule has 28 heavy (non-hydrogen) atoms. The molecule has 1 saturated carbocycles. The van der Waals surface area contributed by atoms with E-state index in [1.165, 1.54) is 17.8 Å². The Labute approximate surface area is 167 Å². The molecule has 0 saturated heterocycles. The predicted molar refractivity (Wildman–Crippen MR) is 108 cm³/mol. The smallest absolute Gasteiger partial charge is 0.339 e. The van der Waals surface area contributed by atoms with Gasteiger partial charge in [-0.25, -0.2) is 4.79 Å². The minimum atomic E-state index is -0.572. The summed E-state index contributed by atoms with van der Waals surface area (Å²) in [6, 6.07) is 2.01. The Kier molecular flexibility index (Phi) is 6.77. The van der Waals surface area contributed by atoms with Gasteiger partial charge in [-0.1, -0.05) is 18.5 Å². The molecule has 0 radical (unpaired) electrons. The average molecular weight is 407 g/mol. The van der Waals surface area contributed by atoms with Crippen LogP contribution in [0.4, 0.5) is 0 Å². The minimum absolute atomic E-state index is 0.251. The van der Waals surface area contributed by atoms with Gasteiger partial charge in [0, 0.05) is 11.8 Å². The summed E-state index contributed by atoms with van der Waals surface area (Å²) in [5, 5.41) is 15.5. The summed E-state index contributed by atoms with van der Waals surface area (Å²) in [6.07, 6.45) is 3.73. The number of oxime groups is 1. The monoisotopic (exact) mass is 407 g/mol. The first-order valence-corrected chi connectivity index (χ1v) is 10.5. The van der Waals surface area contributed by atoms with Crippen LogP contribution in [0.5, 0.6) is 5.75 Å². The number of ether oxygens (including phenoxy) is 1. The van der Waals surface area contributed by atoms with Crippen molar-refractivity contribution < 1.29 is 19.2 Å². The summed E-state index contributed by atoms with van der Waals surface area (Å²) in [4.78, 5) is 28.9. The number of nitrogens with one attached hydrogen (secondary N) is 1. The normalized spacial score (nSPS) is 20.6. The molecular weight excluding hydrogens is 382 g/mol. The molecule has 1 aliphatic heterocycles. The van der Waals surface area contributed by atoms with E-state index in [9.17, 15) is 9.59 Å². The Balaban J connectivity index is 1.71. The van der Waals surface area contributed by atoms with Crippen molar-refractivity contribution in [2.45, 2.75) is 51.6 Å². The molecule has 1 fully saturated rings. The molecule has 0 spiro atoms.